The summed E-state index contributed by atoms with van der Waals surface area (Å²) in [4.78, 5) is 0. The Labute approximate surface area is 127 Å². The smallest absolute Gasteiger partial charge is 0.124 e. The van der Waals surface area contributed by atoms with Gasteiger partial charge in [-0.05, 0) is 43.9 Å². The molecule has 4 heteroatoms. The van der Waals surface area contributed by atoms with Crippen molar-refractivity contribution in [2.45, 2.75) is 51.0 Å². The molecule has 0 bridgehead atoms. The Morgan fingerprint density at radius 2 is 2.05 bits per heavy atom. The van der Waals surface area contributed by atoms with E-state index in [0.29, 0.717) is 18.8 Å². The predicted molar refractivity (Wildman–Crippen MR) is 83.7 cm³/mol. The third kappa shape index (κ3) is 3.96. The molecule has 1 saturated carbocycles. The van der Waals surface area contributed by atoms with Crippen molar-refractivity contribution in [3.63, 3.8) is 0 Å². The van der Waals surface area contributed by atoms with Gasteiger partial charge in [-0.25, -0.2) is 0 Å². The SMILES string of the molecule is COCc1cc(C(C)NC2CCCC2OC)ccc1OC. The minimum atomic E-state index is 0.285. The van der Waals surface area contributed by atoms with E-state index in [1.165, 1.54) is 18.4 Å². The van der Waals surface area contributed by atoms with Crippen LogP contribution in [0.4, 0.5) is 0 Å². The molecule has 1 aromatic carbocycles. The summed E-state index contributed by atoms with van der Waals surface area (Å²) in [6.07, 6.45) is 3.91. The van der Waals surface area contributed by atoms with E-state index in [1.54, 1.807) is 21.3 Å². The number of benzene rings is 1. The van der Waals surface area contributed by atoms with Crippen LogP contribution in [0.25, 0.3) is 0 Å². The van der Waals surface area contributed by atoms with E-state index >= 15 is 0 Å². The normalized spacial score (nSPS) is 23.2. The van der Waals surface area contributed by atoms with Gasteiger partial charge in [0.25, 0.3) is 0 Å². The van der Waals surface area contributed by atoms with E-state index in [9.17, 15) is 0 Å². The van der Waals surface area contributed by atoms with Gasteiger partial charge in [0.2, 0.25) is 0 Å². The first-order valence-electron chi connectivity index (χ1n) is 7.64. The maximum absolute atomic E-state index is 5.56. The largest absolute Gasteiger partial charge is 0.496 e. The zero-order valence-electron chi connectivity index (χ0n) is 13.5. The Morgan fingerprint density at radius 1 is 1.24 bits per heavy atom. The Balaban J connectivity index is 2.08. The van der Waals surface area contributed by atoms with Crippen LogP contribution < -0.4 is 10.1 Å². The standard InChI is InChI=1S/C17H27NO3/c1-12(18-15-6-5-7-17(15)21-4)13-8-9-16(20-3)14(10-13)11-19-2/h8-10,12,15,17-18H,5-7,11H2,1-4H3. The van der Waals surface area contributed by atoms with E-state index in [4.69, 9.17) is 14.2 Å². The second-order valence-corrected chi connectivity index (χ2v) is 5.70. The summed E-state index contributed by atoms with van der Waals surface area (Å²) in [5.41, 5.74) is 2.34. The molecular weight excluding hydrogens is 266 g/mol. The Bertz CT molecular complexity index is 450. The molecule has 2 rings (SSSR count). The van der Waals surface area contributed by atoms with Crippen molar-refractivity contribution in [1.82, 2.24) is 5.32 Å². The fourth-order valence-corrected chi connectivity index (χ4v) is 3.15. The highest BCUT2D eigenvalue weighted by molar-refractivity contribution is 5.38. The molecule has 0 aliphatic heterocycles. The number of ether oxygens (including phenoxy) is 3. The average molecular weight is 293 g/mol. The molecule has 1 N–H and O–H groups in total. The van der Waals surface area contributed by atoms with E-state index in [2.05, 4.69) is 24.4 Å². The third-order valence-corrected chi connectivity index (χ3v) is 4.32. The molecule has 0 saturated heterocycles. The van der Waals surface area contributed by atoms with Crippen molar-refractivity contribution in [2.75, 3.05) is 21.3 Å². The molecule has 1 aliphatic carbocycles. The molecule has 118 valence electrons. The lowest BCUT2D eigenvalue weighted by molar-refractivity contribution is 0.0819. The van der Waals surface area contributed by atoms with Crippen molar-refractivity contribution >= 4 is 0 Å². The minimum Gasteiger partial charge on any atom is -0.496 e. The van der Waals surface area contributed by atoms with Crippen molar-refractivity contribution in [2.24, 2.45) is 0 Å². The van der Waals surface area contributed by atoms with Crippen LogP contribution in [0.1, 0.15) is 43.4 Å². The Hall–Kier alpha value is -1.10. The summed E-state index contributed by atoms with van der Waals surface area (Å²) in [6, 6.07) is 7.03. The molecule has 4 nitrogen and oxygen atoms in total. The maximum atomic E-state index is 5.56. The van der Waals surface area contributed by atoms with E-state index in [0.717, 1.165) is 17.7 Å². The van der Waals surface area contributed by atoms with Gasteiger partial charge in [0, 0.05) is 31.9 Å². The van der Waals surface area contributed by atoms with Crippen LogP contribution in [0, 0.1) is 0 Å². The fraction of sp³-hybridized carbons (Fsp3) is 0.647. The molecular formula is C17H27NO3. The minimum absolute atomic E-state index is 0.285. The second kappa shape index (κ2) is 7.78. The van der Waals surface area contributed by atoms with Crippen LogP contribution in [0.5, 0.6) is 5.75 Å². The van der Waals surface area contributed by atoms with Crippen LogP contribution in [-0.4, -0.2) is 33.5 Å². The summed E-state index contributed by atoms with van der Waals surface area (Å²) in [7, 11) is 5.20. The Kier molecular flexibility index (Phi) is 6.03. The highest BCUT2D eigenvalue weighted by Gasteiger charge is 2.28. The third-order valence-electron chi connectivity index (χ3n) is 4.32. The van der Waals surface area contributed by atoms with Crippen molar-refractivity contribution < 1.29 is 14.2 Å². The zero-order valence-corrected chi connectivity index (χ0v) is 13.5. The van der Waals surface area contributed by atoms with Crippen LogP contribution in [0.3, 0.4) is 0 Å². The number of hydrogen-bond donors (Lipinski definition) is 1. The molecule has 3 unspecified atom stereocenters. The maximum Gasteiger partial charge on any atom is 0.124 e. The summed E-state index contributed by atoms with van der Waals surface area (Å²) in [5.74, 6) is 0.878. The van der Waals surface area contributed by atoms with Gasteiger partial charge in [0.1, 0.15) is 5.75 Å². The predicted octanol–water partition coefficient (Wildman–Crippen LogP) is 3.06. The molecule has 0 radical (unpaired) electrons. The lowest BCUT2D eigenvalue weighted by Gasteiger charge is -2.25. The molecule has 0 spiro atoms. The van der Waals surface area contributed by atoms with Crippen LogP contribution >= 0.6 is 0 Å². The second-order valence-electron chi connectivity index (χ2n) is 5.70. The van der Waals surface area contributed by atoms with Crippen LogP contribution in [0.15, 0.2) is 18.2 Å². The van der Waals surface area contributed by atoms with E-state index in [-0.39, 0.29) is 6.04 Å². The summed E-state index contributed by atoms with van der Waals surface area (Å²) in [5, 5.41) is 3.70. The van der Waals surface area contributed by atoms with Gasteiger partial charge < -0.3 is 19.5 Å². The van der Waals surface area contributed by atoms with E-state index in [1.807, 2.05) is 6.07 Å². The van der Waals surface area contributed by atoms with Crippen molar-refractivity contribution in [3.8, 4) is 5.75 Å². The quantitative estimate of drug-likeness (QED) is 0.838. The van der Waals surface area contributed by atoms with Gasteiger partial charge in [-0.2, -0.15) is 0 Å². The van der Waals surface area contributed by atoms with E-state index < -0.39 is 0 Å². The molecule has 0 aromatic heterocycles. The van der Waals surface area contributed by atoms with Gasteiger partial charge in [-0.3, -0.25) is 0 Å². The highest BCUT2D eigenvalue weighted by Crippen LogP contribution is 2.27. The molecule has 21 heavy (non-hydrogen) atoms. The highest BCUT2D eigenvalue weighted by atomic mass is 16.5. The molecule has 1 aliphatic rings. The molecule has 1 fully saturated rings. The molecule has 0 heterocycles. The topological polar surface area (TPSA) is 39.7 Å². The molecule has 3 atom stereocenters. The van der Waals surface area contributed by atoms with Gasteiger partial charge in [-0.15, -0.1) is 0 Å². The van der Waals surface area contributed by atoms with Gasteiger partial charge in [0.05, 0.1) is 19.8 Å². The van der Waals surface area contributed by atoms with Gasteiger partial charge >= 0.3 is 0 Å². The lowest BCUT2D eigenvalue weighted by Crippen LogP contribution is -2.38. The molecule has 1 aromatic rings. The number of rotatable bonds is 7. The number of hydrogen-bond acceptors (Lipinski definition) is 4. The summed E-state index contributed by atoms with van der Waals surface area (Å²) < 4.78 is 16.2. The first-order chi connectivity index (χ1) is 10.2. The lowest BCUT2D eigenvalue weighted by atomic mass is 10.0. The van der Waals surface area contributed by atoms with Crippen LogP contribution in [0.2, 0.25) is 0 Å². The first-order valence-corrected chi connectivity index (χ1v) is 7.64. The summed E-state index contributed by atoms with van der Waals surface area (Å²) >= 11 is 0. The Morgan fingerprint density at radius 3 is 2.71 bits per heavy atom. The van der Waals surface area contributed by atoms with Crippen molar-refractivity contribution in [3.05, 3.63) is 29.3 Å². The first kappa shape index (κ1) is 16.3. The molecule has 0 amide bonds. The monoisotopic (exact) mass is 293 g/mol. The fourth-order valence-electron chi connectivity index (χ4n) is 3.15. The number of methoxy groups -OCH3 is 3. The zero-order chi connectivity index (χ0) is 15.2. The van der Waals surface area contributed by atoms with Crippen molar-refractivity contribution in [1.29, 1.82) is 0 Å². The van der Waals surface area contributed by atoms with Gasteiger partial charge in [-0.1, -0.05) is 6.07 Å². The summed E-state index contributed by atoms with van der Waals surface area (Å²) in [6.45, 7) is 2.76. The average Bonchev–Trinajstić information content (AvgIpc) is 2.94. The van der Waals surface area contributed by atoms with Crippen LogP contribution in [-0.2, 0) is 16.1 Å². The van der Waals surface area contributed by atoms with Gasteiger partial charge in [0.15, 0.2) is 0 Å². The number of nitrogens with one attached hydrogen (secondary N) is 1.